The topological polar surface area (TPSA) is 41.5 Å². The monoisotopic (exact) mass is 227 g/mol. The van der Waals surface area contributed by atoms with Crippen LogP contribution in [0.5, 0.6) is 0 Å². The lowest BCUT2D eigenvalue weighted by Crippen LogP contribution is -2.48. The molecule has 2 aliphatic rings. The first-order chi connectivity index (χ1) is 7.59. The summed E-state index contributed by atoms with van der Waals surface area (Å²) in [6.07, 6.45) is 4.65. The molecule has 0 radical (unpaired) electrons. The molecule has 4 unspecified atom stereocenters. The predicted molar refractivity (Wildman–Crippen MR) is 64.4 cm³/mol. The van der Waals surface area contributed by atoms with Gasteiger partial charge in [-0.1, -0.05) is 13.8 Å². The van der Waals surface area contributed by atoms with Crippen LogP contribution < -0.4 is 5.32 Å². The quantitative estimate of drug-likeness (QED) is 0.768. The van der Waals surface area contributed by atoms with Crippen molar-refractivity contribution in [3.8, 4) is 0 Å². The van der Waals surface area contributed by atoms with Gasteiger partial charge in [-0.2, -0.15) is 0 Å². The van der Waals surface area contributed by atoms with Crippen molar-refractivity contribution < 1.29 is 9.84 Å². The van der Waals surface area contributed by atoms with Crippen LogP contribution >= 0.6 is 0 Å². The lowest BCUT2D eigenvalue weighted by Gasteiger charge is -2.35. The molecule has 1 aliphatic heterocycles. The second-order valence-electron chi connectivity index (χ2n) is 5.91. The maximum absolute atomic E-state index is 10.2. The third kappa shape index (κ3) is 2.96. The summed E-state index contributed by atoms with van der Waals surface area (Å²) in [5, 5.41) is 13.7. The molecule has 2 N–H and O–H groups in total. The number of hydrogen-bond donors (Lipinski definition) is 2. The van der Waals surface area contributed by atoms with Crippen LogP contribution in [0.3, 0.4) is 0 Å². The van der Waals surface area contributed by atoms with Crippen LogP contribution in [0.1, 0.15) is 39.5 Å². The number of hydrogen-bond acceptors (Lipinski definition) is 3. The van der Waals surface area contributed by atoms with Crippen LogP contribution in [0, 0.1) is 11.8 Å². The van der Waals surface area contributed by atoms with Crippen molar-refractivity contribution in [2.24, 2.45) is 11.8 Å². The van der Waals surface area contributed by atoms with Gasteiger partial charge >= 0.3 is 0 Å². The molecule has 0 amide bonds. The Balaban J connectivity index is 1.77. The Labute approximate surface area is 98.6 Å². The molecule has 1 saturated carbocycles. The highest BCUT2D eigenvalue weighted by Crippen LogP contribution is 2.29. The van der Waals surface area contributed by atoms with Gasteiger partial charge in [0.15, 0.2) is 0 Å². The Morgan fingerprint density at radius 3 is 2.81 bits per heavy atom. The first-order valence-electron chi connectivity index (χ1n) is 6.62. The normalized spacial score (nSPS) is 44.8. The largest absolute Gasteiger partial charge is 0.386 e. The molecule has 2 rings (SSSR count). The Bertz CT molecular complexity index is 226. The van der Waals surface area contributed by atoms with E-state index < -0.39 is 5.60 Å². The van der Waals surface area contributed by atoms with E-state index in [4.69, 9.17) is 4.74 Å². The molecule has 1 aliphatic carbocycles. The fraction of sp³-hybridized carbons (Fsp3) is 1.00. The van der Waals surface area contributed by atoms with Crippen molar-refractivity contribution in [3.05, 3.63) is 0 Å². The van der Waals surface area contributed by atoms with E-state index in [9.17, 15) is 5.11 Å². The molecule has 0 aromatic rings. The maximum atomic E-state index is 10.2. The van der Waals surface area contributed by atoms with E-state index in [1.165, 1.54) is 19.3 Å². The van der Waals surface area contributed by atoms with Crippen molar-refractivity contribution in [1.29, 1.82) is 0 Å². The zero-order valence-electron chi connectivity index (χ0n) is 10.5. The van der Waals surface area contributed by atoms with Crippen LogP contribution in [-0.4, -0.2) is 36.5 Å². The molecule has 1 heterocycles. The fourth-order valence-electron chi connectivity index (χ4n) is 3.03. The van der Waals surface area contributed by atoms with Crippen LogP contribution in [-0.2, 0) is 4.74 Å². The third-order valence-electron chi connectivity index (χ3n) is 4.21. The van der Waals surface area contributed by atoms with Gasteiger partial charge in [-0.15, -0.1) is 0 Å². The number of ether oxygens (including phenoxy) is 1. The van der Waals surface area contributed by atoms with E-state index in [-0.39, 0.29) is 0 Å². The zero-order chi connectivity index (χ0) is 11.6. The van der Waals surface area contributed by atoms with Gasteiger partial charge in [-0.25, -0.2) is 0 Å². The van der Waals surface area contributed by atoms with Crippen molar-refractivity contribution in [2.75, 3.05) is 19.8 Å². The number of nitrogens with one attached hydrogen (secondary N) is 1. The molecular formula is C13H25NO2. The summed E-state index contributed by atoms with van der Waals surface area (Å²) in [5.74, 6) is 1.60. The van der Waals surface area contributed by atoms with Crippen molar-refractivity contribution in [3.63, 3.8) is 0 Å². The van der Waals surface area contributed by atoms with Gasteiger partial charge in [-0.3, -0.25) is 0 Å². The summed E-state index contributed by atoms with van der Waals surface area (Å²) >= 11 is 0. The van der Waals surface area contributed by atoms with Crippen molar-refractivity contribution in [1.82, 2.24) is 5.32 Å². The lowest BCUT2D eigenvalue weighted by molar-refractivity contribution is 0.0212. The maximum Gasteiger partial charge on any atom is 0.102 e. The summed E-state index contributed by atoms with van der Waals surface area (Å²) < 4.78 is 5.25. The molecule has 0 spiro atoms. The van der Waals surface area contributed by atoms with Crippen LogP contribution in [0.25, 0.3) is 0 Å². The van der Waals surface area contributed by atoms with E-state index in [0.29, 0.717) is 25.8 Å². The average molecular weight is 227 g/mol. The van der Waals surface area contributed by atoms with Crippen LogP contribution in [0.2, 0.25) is 0 Å². The summed E-state index contributed by atoms with van der Waals surface area (Å²) in [7, 11) is 0. The molecule has 3 nitrogen and oxygen atoms in total. The van der Waals surface area contributed by atoms with E-state index in [2.05, 4.69) is 19.2 Å². The molecule has 0 aromatic carbocycles. The molecule has 1 saturated heterocycles. The molecule has 2 fully saturated rings. The highest BCUT2D eigenvalue weighted by atomic mass is 16.5. The standard InChI is InChI=1S/C13H25NO2/c1-10-3-4-12(11(2)7-10)14-8-13(15)5-6-16-9-13/h10-12,14-15H,3-9H2,1-2H3. The SMILES string of the molecule is CC1CCC(NCC2(O)CCOC2)C(C)C1. The van der Waals surface area contributed by atoms with Gasteiger partial charge in [0.25, 0.3) is 0 Å². The van der Waals surface area contributed by atoms with Crippen LogP contribution in [0.15, 0.2) is 0 Å². The minimum absolute atomic E-state index is 0.498. The first kappa shape index (κ1) is 12.3. The smallest absolute Gasteiger partial charge is 0.102 e. The molecule has 3 heteroatoms. The van der Waals surface area contributed by atoms with Gasteiger partial charge in [0, 0.05) is 25.6 Å². The molecule has 94 valence electrons. The Morgan fingerprint density at radius 1 is 1.38 bits per heavy atom. The van der Waals surface area contributed by atoms with Crippen molar-refractivity contribution >= 4 is 0 Å². The predicted octanol–water partition coefficient (Wildman–Crippen LogP) is 1.55. The molecule has 16 heavy (non-hydrogen) atoms. The zero-order valence-corrected chi connectivity index (χ0v) is 10.5. The number of aliphatic hydroxyl groups is 1. The first-order valence-corrected chi connectivity index (χ1v) is 6.62. The van der Waals surface area contributed by atoms with Crippen LogP contribution in [0.4, 0.5) is 0 Å². The summed E-state index contributed by atoms with van der Waals surface area (Å²) in [6, 6.07) is 0.584. The Kier molecular flexibility index (Phi) is 3.88. The van der Waals surface area contributed by atoms with Gasteiger partial charge < -0.3 is 15.2 Å². The molecule has 4 atom stereocenters. The lowest BCUT2D eigenvalue weighted by atomic mass is 9.79. The number of rotatable bonds is 3. The van der Waals surface area contributed by atoms with Crippen molar-refractivity contribution in [2.45, 2.75) is 51.2 Å². The average Bonchev–Trinajstić information content (AvgIpc) is 2.64. The van der Waals surface area contributed by atoms with E-state index in [1.54, 1.807) is 0 Å². The Hall–Kier alpha value is -0.120. The van der Waals surface area contributed by atoms with E-state index >= 15 is 0 Å². The van der Waals surface area contributed by atoms with Gasteiger partial charge in [0.05, 0.1) is 6.61 Å². The van der Waals surface area contributed by atoms with E-state index in [0.717, 1.165) is 18.3 Å². The minimum atomic E-state index is -0.608. The second kappa shape index (κ2) is 5.03. The third-order valence-corrected chi connectivity index (χ3v) is 4.21. The van der Waals surface area contributed by atoms with Gasteiger partial charge in [-0.05, 0) is 31.1 Å². The molecule has 0 bridgehead atoms. The minimum Gasteiger partial charge on any atom is -0.386 e. The summed E-state index contributed by atoms with van der Waals surface area (Å²) in [6.45, 7) is 6.55. The van der Waals surface area contributed by atoms with E-state index in [1.807, 2.05) is 0 Å². The van der Waals surface area contributed by atoms with Gasteiger partial charge in [0.1, 0.15) is 5.60 Å². The Morgan fingerprint density at radius 2 is 2.19 bits per heavy atom. The highest BCUT2D eigenvalue weighted by Gasteiger charge is 2.34. The molecular weight excluding hydrogens is 202 g/mol. The summed E-state index contributed by atoms with van der Waals surface area (Å²) in [5.41, 5.74) is -0.608. The fourth-order valence-corrected chi connectivity index (χ4v) is 3.03. The van der Waals surface area contributed by atoms with Gasteiger partial charge in [0.2, 0.25) is 0 Å². The highest BCUT2D eigenvalue weighted by molar-refractivity contribution is 4.88. The molecule has 0 aromatic heterocycles. The summed E-state index contributed by atoms with van der Waals surface area (Å²) in [4.78, 5) is 0. The second-order valence-corrected chi connectivity index (χ2v) is 5.91.